The number of aromatic amines is 1. The SMILES string of the molecule is Cc1cc(OCCOc2cccc(CNC(C)C)c2)n[nH]1. The highest BCUT2D eigenvalue weighted by atomic mass is 16.5. The van der Waals surface area contributed by atoms with Gasteiger partial charge in [0.25, 0.3) is 0 Å². The number of hydrogen-bond acceptors (Lipinski definition) is 4. The number of rotatable bonds is 8. The van der Waals surface area contributed by atoms with Crippen LogP contribution < -0.4 is 14.8 Å². The molecule has 5 nitrogen and oxygen atoms in total. The molecular weight excluding hydrogens is 266 g/mol. The van der Waals surface area contributed by atoms with Gasteiger partial charge < -0.3 is 14.8 Å². The van der Waals surface area contributed by atoms with Crippen LogP contribution in [-0.4, -0.2) is 29.5 Å². The van der Waals surface area contributed by atoms with Gasteiger partial charge in [-0.05, 0) is 24.6 Å². The Morgan fingerprint density at radius 2 is 2.00 bits per heavy atom. The first-order chi connectivity index (χ1) is 10.1. The first-order valence-electron chi connectivity index (χ1n) is 7.23. The van der Waals surface area contributed by atoms with Gasteiger partial charge in [0.1, 0.15) is 19.0 Å². The molecule has 0 aliphatic heterocycles. The second-order valence-electron chi connectivity index (χ2n) is 5.27. The zero-order valence-corrected chi connectivity index (χ0v) is 12.8. The molecule has 21 heavy (non-hydrogen) atoms. The lowest BCUT2D eigenvalue weighted by Crippen LogP contribution is -2.21. The van der Waals surface area contributed by atoms with Gasteiger partial charge in [-0.15, -0.1) is 5.10 Å². The van der Waals surface area contributed by atoms with Crippen LogP contribution in [0.1, 0.15) is 25.1 Å². The van der Waals surface area contributed by atoms with Crippen molar-refractivity contribution in [3.05, 3.63) is 41.6 Å². The fraction of sp³-hybridized carbons (Fsp3) is 0.438. The first-order valence-corrected chi connectivity index (χ1v) is 7.23. The second kappa shape index (κ2) is 7.69. The molecule has 2 aromatic rings. The predicted octanol–water partition coefficient (Wildman–Crippen LogP) is 2.67. The number of nitrogens with one attached hydrogen (secondary N) is 2. The minimum atomic E-state index is 0.471. The van der Waals surface area contributed by atoms with Crippen LogP contribution >= 0.6 is 0 Å². The van der Waals surface area contributed by atoms with Crippen molar-refractivity contribution in [3.63, 3.8) is 0 Å². The van der Waals surface area contributed by atoms with E-state index in [2.05, 4.69) is 35.4 Å². The predicted molar refractivity (Wildman–Crippen MR) is 82.7 cm³/mol. The fourth-order valence-corrected chi connectivity index (χ4v) is 1.84. The smallest absolute Gasteiger partial charge is 0.232 e. The quantitative estimate of drug-likeness (QED) is 0.734. The molecular formula is C16H23N3O2. The Bertz CT molecular complexity index is 552. The van der Waals surface area contributed by atoms with E-state index in [4.69, 9.17) is 9.47 Å². The van der Waals surface area contributed by atoms with Crippen LogP contribution in [0.15, 0.2) is 30.3 Å². The number of H-pyrrole nitrogens is 1. The van der Waals surface area contributed by atoms with Gasteiger partial charge in [0.2, 0.25) is 5.88 Å². The van der Waals surface area contributed by atoms with E-state index >= 15 is 0 Å². The number of ether oxygens (including phenoxy) is 2. The van der Waals surface area contributed by atoms with Crippen molar-refractivity contribution in [2.24, 2.45) is 0 Å². The Hall–Kier alpha value is -2.01. The molecule has 0 atom stereocenters. The second-order valence-corrected chi connectivity index (χ2v) is 5.27. The lowest BCUT2D eigenvalue weighted by Gasteiger charge is -2.10. The molecule has 5 heteroatoms. The van der Waals surface area contributed by atoms with Gasteiger partial charge in [0, 0.05) is 24.3 Å². The summed E-state index contributed by atoms with van der Waals surface area (Å²) in [4.78, 5) is 0. The summed E-state index contributed by atoms with van der Waals surface area (Å²) < 4.78 is 11.2. The van der Waals surface area contributed by atoms with Crippen LogP contribution in [0.25, 0.3) is 0 Å². The third-order valence-corrected chi connectivity index (χ3v) is 2.90. The van der Waals surface area contributed by atoms with Gasteiger partial charge in [-0.25, -0.2) is 0 Å². The van der Waals surface area contributed by atoms with Crippen molar-refractivity contribution in [1.29, 1.82) is 0 Å². The molecule has 0 aliphatic carbocycles. The van der Waals surface area contributed by atoms with Crippen LogP contribution in [0.2, 0.25) is 0 Å². The number of hydrogen-bond donors (Lipinski definition) is 2. The molecule has 1 heterocycles. The summed E-state index contributed by atoms with van der Waals surface area (Å²) in [6.07, 6.45) is 0. The van der Waals surface area contributed by atoms with Gasteiger partial charge in [0.15, 0.2) is 0 Å². The highest BCUT2D eigenvalue weighted by Gasteiger charge is 2.00. The summed E-state index contributed by atoms with van der Waals surface area (Å²) in [7, 11) is 0. The molecule has 0 aliphatic rings. The molecule has 2 N–H and O–H groups in total. The molecule has 1 aromatic heterocycles. The Labute approximate surface area is 125 Å². The van der Waals surface area contributed by atoms with Crippen LogP contribution in [-0.2, 0) is 6.54 Å². The van der Waals surface area contributed by atoms with Crippen LogP contribution in [0.3, 0.4) is 0 Å². The molecule has 0 amide bonds. The van der Waals surface area contributed by atoms with E-state index in [1.807, 2.05) is 31.2 Å². The minimum Gasteiger partial charge on any atom is -0.490 e. The largest absolute Gasteiger partial charge is 0.490 e. The van der Waals surface area contributed by atoms with E-state index in [0.717, 1.165) is 18.0 Å². The summed E-state index contributed by atoms with van der Waals surface area (Å²) in [5.41, 5.74) is 2.20. The maximum Gasteiger partial charge on any atom is 0.232 e. The molecule has 0 unspecified atom stereocenters. The van der Waals surface area contributed by atoms with Gasteiger partial charge in [0.05, 0.1) is 0 Å². The number of aromatic nitrogens is 2. The summed E-state index contributed by atoms with van der Waals surface area (Å²) in [5, 5.41) is 10.2. The maximum atomic E-state index is 5.69. The molecule has 2 rings (SSSR count). The normalized spacial score (nSPS) is 10.9. The average Bonchev–Trinajstić information content (AvgIpc) is 2.87. The Kier molecular flexibility index (Phi) is 5.63. The summed E-state index contributed by atoms with van der Waals surface area (Å²) in [6.45, 7) is 8.01. The van der Waals surface area contributed by atoms with E-state index in [9.17, 15) is 0 Å². The van der Waals surface area contributed by atoms with E-state index in [1.165, 1.54) is 5.56 Å². The van der Waals surface area contributed by atoms with Crippen molar-refractivity contribution < 1.29 is 9.47 Å². The van der Waals surface area contributed by atoms with Gasteiger partial charge in [-0.2, -0.15) is 0 Å². The van der Waals surface area contributed by atoms with E-state index in [1.54, 1.807) is 0 Å². The van der Waals surface area contributed by atoms with Gasteiger partial charge in [-0.3, -0.25) is 5.10 Å². The number of nitrogens with zero attached hydrogens (tertiary/aromatic N) is 1. The topological polar surface area (TPSA) is 59.2 Å². The van der Waals surface area contributed by atoms with E-state index in [-0.39, 0.29) is 0 Å². The molecule has 0 spiro atoms. The first kappa shape index (κ1) is 15.4. The summed E-state index contributed by atoms with van der Waals surface area (Å²) in [6, 6.07) is 10.4. The summed E-state index contributed by atoms with van der Waals surface area (Å²) in [5.74, 6) is 1.46. The van der Waals surface area contributed by atoms with Crippen molar-refractivity contribution in [2.75, 3.05) is 13.2 Å². The molecule has 0 saturated carbocycles. The maximum absolute atomic E-state index is 5.69. The van der Waals surface area contributed by atoms with Crippen LogP contribution in [0, 0.1) is 6.92 Å². The summed E-state index contributed by atoms with van der Waals surface area (Å²) >= 11 is 0. The monoisotopic (exact) mass is 289 g/mol. The highest BCUT2D eigenvalue weighted by Crippen LogP contribution is 2.13. The fourth-order valence-electron chi connectivity index (χ4n) is 1.84. The van der Waals surface area contributed by atoms with Gasteiger partial charge >= 0.3 is 0 Å². The molecule has 0 radical (unpaired) electrons. The molecule has 0 saturated heterocycles. The third-order valence-electron chi connectivity index (χ3n) is 2.90. The molecule has 114 valence electrons. The van der Waals surface area contributed by atoms with Crippen LogP contribution in [0.4, 0.5) is 0 Å². The lowest BCUT2D eigenvalue weighted by molar-refractivity contribution is 0.211. The Balaban J connectivity index is 1.73. The standard InChI is InChI=1S/C16H23N3O2/c1-12(2)17-11-14-5-4-6-15(10-14)20-7-8-21-16-9-13(3)18-19-16/h4-6,9-10,12,17H,7-8,11H2,1-3H3,(H,18,19). The van der Waals surface area contributed by atoms with E-state index in [0.29, 0.717) is 25.1 Å². The van der Waals surface area contributed by atoms with Crippen molar-refractivity contribution >= 4 is 0 Å². The third kappa shape index (κ3) is 5.47. The average molecular weight is 289 g/mol. The Morgan fingerprint density at radius 3 is 2.71 bits per heavy atom. The molecule has 0 bridgehead atoms. The van der Waals surface area contributed by atoms with Crippen molar-refractivity contribution in [3.8, 4) is 11.6 Å². The number of benzene rings is 1. The van der Waals surface area contributed by atoms with Crippen LogP contribution in [0.5, 0.6) is 11.6 Å². The van der Waals surface area contributed by atoms with Gasteiger partial charge in [-0.1, -0.05) is 26.0 Å². The Morgan fingerprint density at radius 1 is 1.19 bits per heavy atom. The van der Waals surface area contributed by atoms with Crippen molar-refractivity contribution in [2.45, 2.75) is 33.4 Å². The molecule has 1 aromatic carbocycles. The molecule has 0 fully saturated rings. The zero-order valence-electron chi connectivity index (χ0n) is 12.8. The lowest BCUT2D eigenvalue weighted by atomic mass is 10.2. The number of aryl methyl sites for hydroxylation is 1. The minimum absolute atomic E-state index is 0.471. The highest BCUT2D eigenvalue weighted by molar-refractivity contribution is 5.28. The van der Waals surface area contributed by atoms with E-state index < -0.39 is 0 Å². The van der Waals surface area contributed by atoms with Crippen molar-refractivity contribution in [1.82, 2.24) is 15.5 Å². The zero-order chi connectivity index (χ0) is 15.1.